The molecular formula is C9H5N3OS. The van der Waals surface area contributed by atoms with Crippen LogP contribution in [0.1, 0.15) is 0 Å². The van der Waals surface area contributed by atoms with E-state index in [0.717, 1.165) is 10.2 Å². The van der Waals surface area contributed by atoms with Crippen molar-refractivity contribution in [2.24, 2.45) is 0 Å². The van der Waals surface area contributed by atoms with E-state index >= 15 is 0 Å². The third-order valence-corrected chi connectivity index (χ3v) is 2.88. The molecule has 3 aromatic rings. The van der Waals surface area contributed by atoms with E-state index in [1.807, 2.05) is 6.07 Å². The van der Waals surface area contributed by atoms with E-state index in [9.17, 15) is 4.79 Å². The van der Waals surface area contributed by atoms with E-state index in [0.29, 0.717) is 10.9 Å². The molecule has 4 nitrogen and oxygen atoms in total. The number of fused-ring (bicyclic) bond motifs is 2. The molecule has 0 aliphatic rings. The third-order valence-electron chi connectivity index (χ3n) is 2.09. The van der Waals surface area contributed by atoms with Crippen LogP contribution in [0.4, 0.5) is 0 Å². The first-order valence-corrected chi connectivity index (χ1v) is 4.93. The van der Waals surface area contributed by atoms with E-state index in [1.165, 1.54) is 6.33 Å². The van der Waals surface area contributed by atoms with Crippen LogP contribution < -0.4 is 5.56 Å². The molecule has 2 aromatic heterocycles. The zero-order valence-electron chi connectivity index (χ0n) is 7.02. The number of hydrogen-bond acceptors (Lipinski definition) is 4. The van der Waals surface area contributed by atoms with Crippen LogP contribution in [-0.4, -0.2) is 15.0 Å². The third kappa shape index (κ3) is 0.958. The lowest BCUT2D eigenvalue weighted by atomic mass is 10.2. The van der Waals surface area contributed by atoms with Gasteiger partial charge in [0.25, 0.3) is 5.56 Å². The molecule has 68 valence electrons. The summed E-state index contributed by atoms with van der Waals surface area (Å²) in [6, 6.07) is 3.66. The Morgan fingerprint density at radius 2 is 2.14 bits per heavy atom. The van der Waals surface area contributed by atoms with Gasteiger partial charge in [0.2, 0.25) is 0 Å². The highest BCUT2D eigenvalue weighted by molar-refractivity contribution is 7.16. The Labute approximate surface area is 82.3 Å². The van der Waals surface area contributed by atoms with Crippen LogP contribution in [0.5, 0.6) is 0 Å². The smallest absolute Gasteiger partial charge is 0.258 e. The van der Waals surface area contributed by atoms with Crippen LogP contribution in [0.25, 0.3) is 21.1 Å². The van der Waals surface area contributed by atoms with Crippen LogP contribution in [0, 0.1) is 0 Å². The largest absolute Gasteiger partial charge is 0.313 e. The van der Waals surface area contributed by atoms with Gasteiger partial charge in [0.1, 0.15) is 0 Å². The van der Waals surface area contributed by atoms with E-state index in [4.69, 9.17) is 0 Å². The summed E-state index contributed by atoms with van der Waals surface area (Å²) in [6.07, 6.45) is 1.41. The average molecular weight is 203 g/mol. The van der Waals surface area contributed by atoms with Gasteiger partial charge in [0.05, 0.1) is 33.0 Å². The molecule has 0 atom stereocenters. The number of nitrogens with one attached hydrogen (secondary N) is 1. The van der Waals surface area contributed by atoms with E-state index in [-0.39, 0.29) is 5.56 Å². The van der Waals surface area contributed by atoms with Crippen LogP contribution in [-0.2, 0) is 0 Å². The Hall–Kier alpha value is -1.75. The number of rotatable bonds is 0. The topological polar surface area (TPSA) is 58.6 Å². The lowest BCUT2D eigenvalue weighted by molar-refractivity contribution is 1.17. The van der Waals surface area contributed by atoms with Gasteiger partial charge in [-0.3, -0.25) is 4.79 Å². The first-order valence-electron chi connectivity index (χ1n) is 4.05. The molecule has 0 amide bonds. The fourth-order valence-electron chi connectivity index (χ4n) is 1.42. The van der Waals surface area contributed by atoms with Gasteiger partial charge in [0.15, 0.2) is 0 Å². The van der Waals surface area contributed by atoms with E-state index in [2.05, 4.69) is 15.0 Å². The standard InChI is InChI=1S/C9H5N3OS/c13-9-5-1-7-8(14-4-12-7)2-6(5)10-3-11-9/h1-4H,(H,10,11,13). The zero-order valence-corrected chi connectivity index (χ0v) is 7.84. The van der Waals surface area contributed by atoms with Gasteiger partial charge in [-0.2, -0.15) is 0 Å². The molecule has 0 unspecified atom stereocenters. The van der Waals surface area contributed by atoms with Crippen molar-refractivity contribution in [3.63, 3.8) is 0 Å². The molecule has 1 aromatic carbocycles. The second-order valence-corrected chi connectivity index (χ2v) is 3.81. The number of nitrogens with zero attached hydrogens (tertiary/aromatic N) is 2. The minimum atomic E-state index is -0.120. The summed E-state index contributed by atoms with van der Waals surface area (Å²) in [5, 5.41) is 0.589. The fourth-order valence-corrected chi connectivity index (χ4v) is 2.11. The number of hydrogen-bond donors (Lipinski definition) is 1. The normalized spacial score (nSPS) is 11.1. The van der Waals surface area contributed by atoms with Crippen LogP contribution in [0.15, 0.2) is 28.8 Å². The predicted octanol–water partition coefficient (Wildman–Crippen LogP) is 1.53. The Morgan fingerprint density at radius 1 is 1.21 bits per heavy atom. The predicted molar refractivity (Wildman–Crippen MR) is 55.5 cm³/mol. The number of thiazole rings is 1. The highest BCUT2D eigenvalue weighted by Gasteiger charge is 2.03. The van der Waals surface area contributed by atoms with Gasteiger partial charge in [0, 0.05) is 0 Å². The second-order valence-electron chi connectivity index (χ2n) is 2.92. The molecule has 2 heterocycles. The molecule has 3 rings (SSSR count). The highest BCUT2D eigenvalue weighted by Crippen LogP contribution is 2.21. The molecule has 0 bridgehead atoms. The van der Waals surface area contributed by atoms with Crippen molar-refractivity contribution >= 4 is 32.5 Å². The van der Waals surface area contributed by atoms with Gasteiger partial charge in [-0.25, -0.2) is 9.97 Å². The lowest BCUT2D eigenvalue weighted by Crippen LogP contribution is -2.05. The lowest BCUT2D eigenvalue weighted by Gasteiger charge is -1.94. The van der Waals surface area contributed by atoms with Crippen molar-refractivity contribution < 1.29 is 0 Å². The van der Waals surface area contributed by atoms with Gasteiger partial charge >= 0.3 is 0 Å². The Kier molecular flexibility index (Phi) is 1.43. The molecule has 5 heteroatoms. The summed E-state index contributed by atoms with van der Waals surface area (Å²) in [6.45, 7) is 0. The molecule has 0 aliphatic carbocycles. The molecule has 0 radical (unpaired) electrons. The first kappa shape index (κ1) is 7.64. The van der Waals surface area contributed by atoms with Gasteiger partial charge in [-0.15, -0.1) is 11.3 Å². The van der Waals surface area contributed by atoms with E-state index < -0.39 is 0 Å². The summed E-state index contributed by atoms with van der Waals surface area (Å²) < 4.78 is 1.05. The van der Waals surface area contributed by atoms with Crippen molar-refractivity contribution in [2.45, 2.75) is 0 Å². The second kappa shape index (κ2) is 2.62. The minimum absolute atomic E-state index is 0.120. The maximum atomic E-state index is 11.4. The van der Waals surface area contributed by atoms with Crippen molar-refractivity contribution in [1.29, 1.82) is 0 Å². The summed E-state index contributed by atoms with van der Waals surface area (Å²) in [5.41, 5.74) is 3.20. The number of benzene rings is 1. The van der Waals surface area contributed by atoms with Crippen molar-refractivity contribution in [2.75, 3.05) is 0 Å². The van der Waals surface area contributed by atoms with Crippen LogP contribution in [0.2, 0.25) is 0 Å². The zero-order chi connectivity index (χ0) is 9.54. The van der Waals surface area contributed by atoms with Gasteiger partial charge in [-0.1, -0.05) is 0 Å². The number of aromatic nitrogens is 3. The SMILES string of the molecule is O=c1[nH]cnc2cc3scnc3cc12. The molecule has 0 saturated heterocycles. The molecule has 14 heavy (non-hydrogen) atoms. The van der Waals surface area contributed by atoms with Gasteiger partial charge < -0.3 is 4.98 Å². The highest BCUT2D eigenvalue weighted by atomic mass is 32.1. The van der Waals surface area contributed by atoms with Crippen LogP contribution >= 0.6 is 11.3 Å². The summed E-state index contributed by atoms with van der Waals surface area (Å²) in [4.78, 5) is 22.2. The summed E-state index contributed by atoms with van der Waals surface area (Å²) >= 11 is 1.54. The summed E-state index contributed by atoms with van der Waals surface area (Å²) in [7, 11) is 0. The summed E-state index contributed by atoms with van der Waals surface area (Å²) in [5.74, 6) is 0. The monoisotopic (exact) mass is 203 g/mol. The van der Waals surface area contributed by atoms with Crippen molar-refractivity contribution in [3.8, 4) is 0 Å². The first-order chi connectivity index (χ1) is 6.84. The van der Waals surface area contributed by atoms with Crippen LogP contribution in [0.3, 0.4) is 0 Å². The number of H-pyrrole nitrogens is 1. The average Bonchev–Trinajstić information content (AvgIpc) is 2.62. The molecule has 0 spiro atoms. The molecule has 0 saturated carbocycles. The Morgan fingerprint density at radius 3 is 3.07 bits per heavy atom. The van der Waals surface area contributed by atoms with Crippen molar-refractivity contribution in [3.05, 3.63) is 34.3 Å². The Bertz CT molecular complexity index is 670. The fraction of sp³-hybridized carbons (Fsp3) is 0. The Balaban J connectivity index is 2.63. The van der Waals surface area contributed by atoms with Crippen molar-refractivity contribution in [1.82, 2.24) is 15.0 Å². The molecule has 0 aliphatic heterocycles. The quantitative estimate of drug-likeness (QED) is 0.602. The van der Waals surface area contributed by atoms with E-state index in [1.54, 1.807) is 22.9 Å². The molecular weight excluding hydrogens is 198 g/mol. The molecule has 1 N–H and O–H groups in total. The number of aromatic amines is 1. The maximum absolute atomic E-state index is 11.4. The minimum Gasteiger partial charge on any atom is -0.313 e. The maximum Gasteiger partial charge on any atom is 0.258 e. The van der Waals surface area contributed by atoms with Gasteiger partial charge in [-0.05, 0) is 12.1 Å². The molecule has 0 fully saturated rings.